The summed E-state index contributed by atoms with van der Waals surface area (Å²) in [5, 5.41) is 7.81. The molecule has 0 saturated carbocycles. The summed E-state index contributed by atoms with van der Waals surface area (Å²) in [6.45, 7) is 3.58. The van der Waals surface area contributed by atoms with Crippen molar-refractivity contribution in [3.05, 3.63) is 47.0 Å². The second kappa shape index (κ2) is 12.5. The number of aromatic nitrogens is 3. The van der Waals surface area contributed by atoms with Crippen LogP contribution in [0.3, 0.4) is 0 Å². The molecule has 0 spiro atoms. The smallest absolute Gasteiger partial charge is 0.251 e. The molecule has 2 amide bonds. The number of carbonyl (C=O) groups excluding carboxylic acids is 2. The second-order valence-corrected chi connectivity index (χ2v) is 11.8. The van der Waals surface area contributed by atoms with E-state index in [1.54, 1.807) is 7.11 Å². The van der Waals surface area contributed by atoms with Gasteiger partial charge in [0.15, 0.2) is 5.13 Å². The summed E-state index contributed by atoms with van der Waals surface area (Å²) in [6, 6.07) is 11.2. The average molecular weight is 584 g/mol. The Morgan fingerprint density at radius 3 is 2.67 bits per heavy atom. The van der Waals surface area contributed by atoms with E-state index in [1.807, 2.05) is 64.9 Å². The molecule has 1 aliphatic rings. The van der Waals surface area contributed by atoms with Gasteiger partial charge in [0.05, 0.1) is 34.4 Å². The standard InChI is InChI=1S/C28H34ClN7O3S/c1-34(2)17-25(37)35-10-8-18(9-11-35)16-30-26(38)19-4-7-23-22(14-19)31-27(36(23)12-13-39-3)33-28-32-21-6-5-20(29)15-24(21)40-28/h4-7,14-15,18H,8-13,16-17H2,1-3H3,(H,30,38)(H,31,32,33). The average Bonchev–Trinajstić information content (AvgIpc) is 3.49. The Kier molecular flexibility index (Phi) is 8.84. The van der Waals surface area contributed by atoms with Crippen molar-refractivity contribution in [3.8, 4) is 0 Å². The topological polar surface area (TPSA) is 105 Å². The van der Waals surface area contributed by atoms with E-state index in [0.29, 0.717) is 59.3 Å². The molecule has 1 saturated heterocycles. The van der Waals surface area contributed by atoms with Gasteiger partial charge in [-0.2, -0.15) is 0 Å². The van der Waals surface area contributed by atoms with Crippen LogP contribution in [0.4, 0.5) is 11.1 Å². The number of likely N-dealkylation sites (tertiary alicyclic amines) is 1. The molecule has 2 N–H and O–H groups in total. The molecule has 2 aromatic heterocycles. The molecule has 212 valence electrons. The fourth-order valence-electron chi connectivity index (χ4n) is 4.92. The number of nitrogens with one attached hydrogen (secondary N) is 2. The Hall–Kier alpha value is -3.25. The third-order valence-corrected chi connectivity index (χ3v) is 8.24. The summed E-state index contributed by atoms with van der Waals surface area (Å²) in [4.78, 5) is 38.6. The predicted molar refractivity (Wildman–Crippen MR) is 160 cm³/mol. The van der Waals surface area contributed by atoms with E-state index >= 15 is 0 Å². The number of carbonyl (C=O) groups is 2. The first kappa shape index (κ1) is 28.3. The van der Waals surface area contributed by atoms with Crippen LogP contribution in [-0.4, -0.2) is 90.1 Å². The number of hydrogen-bond donors (Lipinski definition) is 2. The highest BCUT2D eigenvalue weighted by Crippen LogP contribution is 2.31. The highest BCUT2D eigenvalue weighted by Gasteiger charge is 2.23. The summed E-state index contributed by atoms with van der Waals surface area (Å²) in [6.07, 6.45) is 1.77. The Balaban J connectivity index is 1.26. The minimum Gasteiger partial charge on any atom is -0.383 e. The highest BCUT2D eigenvalue weighted by molar-refractivity contribution is 7.22. The van der Waals surface area contributed by atoms with Gasteiger partial charge in [0, 0.05) is 43.9 Å². The number of anilines is 2. The molecule has 3 heterocycles. The molecule has 0 bridgehead atoms. The normalized spacial score (nSPS) is 14.4. The molecule has 10 nitrogen and oxygen atoms in total. The Bertz CT molecular complexity index is 1510. The first-order valence-electron chi connectivity index (χ1n) is 13.3. The third kappa shape index (κ3) is 6.55. The summed E-state index contributed by atoms with van der Waals surface area (Å²) in [5.41, 5.74) is 3.03. The minimum atomic E-state index is -0.128. The van der Waals surface area contributed by atoms with Gasteiger partial charge < -0.3 is 29.7 Å². The van der Waals surface area contributed by atoms with Gasteiger partial charge in [-0.1, -0.05) is 22.9 Å². The fraction of sp³-hybridized carbons (Fsp3) is 0.429. The van der Waals surface area contributed by atoms with Crippen molar-refractivity contribution < 1.29 is 14.3 Å². The van der Waals surface area contributed by atoms with E-state index in [4.69, 9.17) is 21.3 Å². The van der Waals surface area contributed by atoms with Crippen LogP contribution in [0.25, 0.3) is 21.3 Å². The van der Waals surface area contributed by atoms with Gasteiger partial charge in [0.2, 0.25) is 11.9 Å². The fourth-order valence-corrected chi connectivity index (χ4v) is 6.05. The second-order valence-electron chi connectivity index (χ2n) is 10.3. The lowest BCUT2D eigenvalue weighted by Gasteiger charge is -2.32. The number of piperidine rings is 1. The summed E-state index contributed by atoms with van der Waals surface area (Å²) in [7, 11) is 5.47. The highest BCUT2D eigenvalue weighted by atomic mass is 35.5. The number of fused-ring (bicyclic) bond motifs is 2. The van der Waals surface area contributed by atoms with Gasteiger partial charge >= 0.3 is 0 Å². The maximum Gasteiger partial charge on any atom is 0.251 e. The van der Waals surface area contributed by atoms with Gasteiger partial charge in [-0.05, 0) is 69.3 Å². The van der Waals surface area contributed by atoms with Crippen LogP contribution in [-0.2, 0) is 16.1 Å². The molecule has 40 heavy (non-hydrogen) atoms. The molecular formula is C28H34ClN7O3S. The van der Waals surface area contributed by atoms with Crippen LogP contribution in [0.15, 0.2) is 36.4 Å². The molecule has 4 aromatic rings. The van der Waals surface area contributed by atoms with E-state index < -0.39 is 0 Å². The molecule has 1 aliphatic heterocycles. The number of rotatable bonds is 10. The van der Waals surface area contributed by atoms with Gasteiger partial charge in [0.25, 0.3) is 5.91 Å². The number of hydrogen-bond acceptors (Lipinski definition) is 8. The SMILES string of the molecule is COCCn1c(Nc2nc3ccc(Cl)cc3s2)nc2cc(C(=O)NCC3CCN(C(=O)CN(C)C)CC3)ccc21. The molecule has 2 aromatic carbocycles. The van der Waals surface area contributed by atoms with Crippen molar-refractivity contribution in [2.24, 2.45) is 5.92 Å². The lowest BCUT2D eigenvalue weighted by molar-refractivity contribution is -0.133. The number of halogens is 1. The van der Waals surface area contributed by atoms with Gasteiger partial charge in [0.1, 0.15) is 0 Å². The summed E-state index contributed by atoms with van der Waals surface area (Å²) < 4.78 is 8.34. The van der Waals surface area contributed by atoms with Crippen LogP contribution in [0.2, 0.25) is 5.02 Å². The number of amides is 2. The quantitative estimate of drug-likeness (QED) is 0.288. The monoisotopic (exact) mass is 583 g/mol. The third-order valence-electron chi connectivity index (χ3n) is 7.07. The van der Waals surface area contributed by atoms with Crippen molar-refractivity contribution >= 4 is 67.1 Å². The van der Waals surface area contributed by atoms with Crippen LogP contribution >= 0.6 is 22.9 Å². The van der Waals surface area contributed by atoms with Crippen molar-refractivity contribution in [2.45, 2.75) is 19.4 Å². The molecular weight excluding hydrogens is 550 g/mol. The van der Waals surface area contributed by atoms with E-state index in [1.165, 1.54) is 11.3 Å². The maximum absolute atomic E-state index is 13.0. The van der Waals surface area contributed by atoms with E-state index in [9.17, 15) is 9.59 Å². The van der Waals surface area contributed by atoms with Crippen LogP contribution in [0.1, 0.15) is 23.2 Å². The Morgan fingerprint density at radius 1 is 1.12 bits per heavy atom. The zero-order chi connectivity index (χ0) is 28.2. The number of likely N-dealkylation sites (N-methyl/N-ethyl adjacent to an activating group) is 1. The number of ether oxygens (including phenoxy) is 1. The first-order chi connectivity index (χ1) is 19.3. The molecule has 5 rings (SSSR count). The van der Waals surface area contributed by atoms with Crippen molar-refractivity contribution in [2.75, 3.05) is 59.3 Å². The van der Waals surface area contributed by atoms with Crippen LogP contribution in [0, 0.1) is 5.92 Å². The van der Waals surface area contributed by atoms with Crippen LogP contribution < -0.4 is 10.6 Å². The molecule has 0 atom stereocenters. The lowest BCUT2D eigenvalue weighted by atomic mass is 9.96. The first-order valence-corrected chi connectivity index (χ1v) is 14.5. The van der Waals surface area contributed by atoms with E-state index in [2.05, 4.69) is 15.6 Å². The molecule has 12 heteroatoms. The van der Waals surface area contributed by atoms with E-state index in [-0.39, 0.29) is 11.8 Å². The maximum atomic E-state index is 13.0. The minimum absolute atomic E-state index is 0.128. The number of nitrogens with zero attached hydrogens (tertiary/aromatic N) is 5. The Morgan fingerprint density at radius 2 is 1.93 bits per heavy atom. The molecule has 0 unspecified atom stereocenters. The Labute approximate surface area is 242 Å². The number of thiazole rings is 1. The van der Waals surface area contributed by atoms with Gasteiger partial charge in [-0.15, -0.1) is 0 Å². The van der Waals surface area contributed by atoms with Gasteiger partial charge in [-0.3, -0.25) is 9.59 Å². The van der Waals surface area contributed by atoms with Crippen molar-refractivity contribution in [1.82, 2.24) is 29.7 Å². The predicted octanol–water partition coefficient (Wildman–Crippen LogP) is 4.22. The molecule has 0 radical (unpaired) electrons. The van der Waals surface area contributed by atoms with Gasteiger partial charge in [-0.25, -0.2) is 9.97 Å². The largest absolute Gasteiger partial charge is 0.383 e. The van der Waals surface area contributed by atoms with Crippen molar-refractivity contribution in [1.29, 1.82) is 0 Å². The number of methoxy groups -OCH3 is 1. The molecule has 0 aliphatic carbocycles. The van der Waals surface area contributed by atoms with E-state index in [0.717, 1.165) is 41.7 Å². The van der Waals surface area contributed by atoms with Crippen LogP contribution in [0.5, 0.6) is 0 Å². The zero-order valence-electron chi connectivity index (χ0n) is 22.9. The van der Waals surface area contributed by atoms with Crippen molar-refractivity contribution in [3.63, 3.8) is 0 Å². The lowest BCUT2D eigenvalue weighted by Crippen LogP contribution is -2.44. The number of benzene rings is 2. The zero-order valence-corrected chi connectivity index (χ0v) is 24.5. The summed E-state index contributed by atoms with van der Waals surface area (Å²) >= 11 is 7.64. The number of imidazole rings is 1. The summed E-state index contributed by atoms with van der Waals surface area (Å²) in [5.74, 6) is 1.01. The molecule has 1 fully saturated rings.